The van der Waals surface area contributed by atoms with E-state index in [1.165, 1.54) is 0 Å². The summed E-state index contributed by atoms with van der Waals surface area (Å²) in [5, 5.41) is 3.23. The minimum Gasteiger partial charge on any atom is -0.496 e. The molecule has 0 spiro atoms. The van der Waals surface area contributed by atoms with Crippen molar-refractivity contribution in [2.45, 2.75) is 27.3 Å². The Bertz CT molecular complexity index is 506. The molecule has 0 aliphatic carbocycles. The summed E-state index contributed by atoms with van der Waals surface area (Å²) in [5.41, 5.74) is 3.38. The van der Waals surface area contributed by atoms with Gasteiger partial charge in [-0.25, -0.2) is 0 Å². The number of carbonyl (C=O) groups is 1. The van der Waals surface area contributed by atoms with E-state index >= 15 is 0 Å². The number of nitrogens with zero attached hydrogens (tertiary/aromatic N) is 1. The average molecular weight is 327 g/mol. The van der Waals surface area contributed by atoms with E-state index in [0.29, 0.717) is 12.5 Å². The standard InChI is InChI=1S/C17H26N2O2.ClH/c1-11-6-14(7-12(2)16(11)21-5)10-19(4)17(20)13(3)15-8-18-9-15;/h6-7,13,15,18H,8-10H2,1-5H3;1H. The van der Waals surface area contributed by atoms with Gasteiger partial charge in [-0.15, -0.1) is 12.4 Å². The Kier molecular flexibility index (Phi) is 6.69. The van der Waals surface area contributed by atoms with Crippen molar-refractivity contribution in [2.24, 2.45) is 11.8 Å². The number of halogens is 1. The SMILES string of the molecule is COc1c(C)cc(CN(C)C(=O)C(C)C2CNC2)cc1C.Cl. The van der Waals surface area contributed by atoms with Crippen LogP contribution in [-0.2, 0) is 11.3 Å². The molecule has 5 heteroatoms. The highest BCUT2D eigenvalue weighted by Crippen LogP contribution is 2.25. The number of ether oxygens (including phenoxy) is 1. The van der Waals surface area contributed by atoms with Crippen LogP contribution < -0.4 is 10.1 Å². The normalized spacial score (nSPS) is 15.5. The molecule has 4 nitrogen and oxygen atoms in total. The number of nitrogens with one attached hydrogen (secondary N) is 1. The Morgan fingerprint density at radius 2 is 1.91 bits per heavy atom. The number of hydrogen-bond acceptors (Lipinski definition) is 3. The molecule has 1 aliphatic rings. The van der Waals surface area contributed by atoms with Crippen LogP contribution in [0.5, 0.6) is 5.75 Å². The first-order valence-electron chi connectivity index (χ1n) is 7.53. The van der Waals surface area contributed by atoms with Crippen molar-refractivity contribution in [3.8, 4) is 5.75 Å². The van der Waals surface area contributed by atoms with Crippen molar-refractivity contribution < 1.29 is 9.53 Å². The lowest BCUT2D eigenvalue weighted by Gasteiger charge is -2.34. The van der Waals surface area contributed by atoms with Gasteiger partial charge in [-0.3, -0.25) is 4.79 Å². The van der Waals surface area contributed by atoms with Gasteiger partial charge in [0.15, 0.2) is 0 Å². The number of amides is 1. The monoisotopic (exact) mass is 326 g/mol. The summed E-state index contributed by atoms with van der Waals surface area (Å²) < 4.78 is 5.39. The van der Waals surface area contributed by atoms with Gasteiger partial charge in [0.05, 0.1) is 7.11 Å². The van der Waals surface area contributed by atoms with E-state index < -0.39 is 0 Å². The number of benzene rings is 1. The molecule has 0 aromatic heterocycles. The molecule has 1 unspecified atom stereocenters. The molecule has 1 aromatic carbocycles. The van der Waals surface area contributed by atoms with Crippen LogP contribution >= 0.6 is 12.4 Å². The fraction of sp³-hybridized carbons (Fsp3) is 0.588. The second kappa shape index (κ2) is 7.84. The fourth-order valence-corrected chi connectivity index (χ4v) is 3.02. The van der Waals surface area contributed by atoms with Gasteiger partial charge in [-0.2, -0.15) is 0 Å². The van der Waals surface area contributed by atoms with E-state index in [-0.39, 0.29) is 24.2 Å². The van der Waals surface area contributed by atoms with Gasteiger partial charge >= 0.3 is 0 Å². The van der Waals surface area contributed by atoms with Gasteiger partial charge < -0.3 is 15.0 Å². The van der Waals surface area contributed by atoms with E-state index in [4.69, 9.17) is 4.74 Å². The van der Waals surface area contributed by atoms with Crippen molar-refractivity contribution in [1.29, 1.82) is 0 Å². The summed E-state index contributed by atoms with van der Waals surface area (Å²) in [6.07, 6.45) is 0. The van der Waals surface area contributed by atoms with Gasteiger partial charge in [-0.05, 0) is 49.5 Å². The molecule has 1 atom stereocenters. The molecule has 1 heterocycles. The first-order valence-corrected chi connectivity index (χ1v) is 7.53. The van der Waals surface area contributed by atoms with Crippen molar-refractivity contribution in [3.63, 3.8) is 0 Å². The Labute approximate surface area is 139 Å². The fourth-order valence-electron chi connectivity index (χ4n) is 3.02. The zero-order chi connectivity index (χ0) is 15.6. The highest BCUT2D eigenvalue weighted by molar-refractivity contribution is 5.85. The molecule has 1 N–H and O–H groups in total. The second-order valence-corrected chi connectivity index (χ2v) is 6.16. The third-order valence-corrected chi connectivity index (χ3v) is 4.43. The average Bonchev–Trinajstić information content (AvgIpc) is 2.35. The highest BCUT2D eigenvalue weighted by Gasteiger charge is 2.30. The first-order chi connectivity index (χ1) is 9.93. The summed E-state index contributed by atoms with van der Waals surface area (Å²) in [7, 11) is 3.58. The molecule has 1 aromatic rings. The predicted octanol–water partition coefficient (Wildman–Crippen LogP) is 2.55. The van der Waals surface area contributed by atoms with E-state index in [0.717, 1.165) is 35.5 Å². The Morgan fingerprint density at radius 1 is 1.36 bits per heavy atom. The first kappa shape index (κ1) is 18.8. The Morgan fingerprint density at radius 3 is 2.32 bits per heavy atom. The topological polar surface area (TPSA) is 41.6 Å². The number of methoxy groups -OCH3 is 1. The van der Waals surface area contributed by atoms with Gasteiger partial charge in [0.25, 0.3) is 0 Å². The van der Waals surface area contributed by atoms with Crippen LogP contribution in [0.4, 0.5) is 0 Å². The lowest BCUT2D eigenvalue weighted by atomic mass is 9.88. The molecule has 22 heavy (non-hydrogen) atoms. The van der Waals surface area contributed by atoms with Crippen LogP contribution in [0.2, 0.25) is 0 Å². The largest absolute Gasteiger partial charge is 0.496 e. The molecule has 2 rings (SSSR count). The van der Waals surface area contributed by atoms with E-state index in [1.54, 1.807) is 7.11 Å². The summed E-state index contributed by atoms with van der Waals surface area (Å²) in [6.45, 7) is 8.69. The van der Waals surface area contributed by atoms with Crippen molar-refractivity contribution in [1.82, 2.24) is 10.2 Å². The zero-order valence-corrected chi connectivity index (χ0v) is 14.9. The second-order valence-electron chi connectivity index (χ2n) is 6.16. The van der Waals surface area contributed by atoms with Gasteiger partial charge in [0.1, 0.15) is 5.75 Å². The quantitative estimate of drug-likeness (QED) is 0.904. The van der Waals surface area contributed by atoms with Crippen LogP contribution in [-0.4, -0.2) is 38.1 Å². The number of carbonyl (C=O) groups excluding carboxylic acids is 1. The summed E-state index contributed by atoms with van der Waals surface area (Å²) in [6, 6.07) is 4.20. The highest BCUT2D eigenvalue weighted by atomic mass is 35.5. The van der Waals surface area contributed by atoms with Crippen LogP contribution in [0, 0.1) is 25.7 Å². The lowest BCUT2D eigenvalue weighted by Crippen LogP contribution is -2.49. The number of hydrogen-bond donors (Lipinski definition) is 1. The maximum absolute atomic E-state index is 12.4. The van der Waals surface area contributed by atoms with Crippen LogP contribution in [0.15, 0.2) is 12.1 Å². The summed E-state index contributed by atoms with van der Waals surface area (Å²) in [5.74, 6) is 1.74. The molecule has 0 bridgehead atoms. The molecule has 1 fully saturated rings. The smallest absolute Gasteiger partial charge is 0.225 e. The molecule has 124 valence electrons. The molecular weight excluding hydrogens is 300 g/mol. The third kappa shape index (κ3) is 3.93. The van der Waals surface area contributed by atoms with Crippen molar-refractivity contribution in [2.75, 3.05) is 27.2 Å². The Hall–Kier alpha value is -1.26. The van der Waals surface area contributed by atoms with Gasteiger partial charge in [0, 0.05) is 19.5 Å². The molecule has 1 aliphatic heterocycles. The van der Waals surface area contributed by atoms with E-state index in [9.17, 15) is 4.79 Å². The van der Waals surface area contributed by atoms with E-state index in [2.05, 4.69) is 17.4 Å². The maximum atomic E-state index is 12.4. The van der Waals surface area contributed by atoms with Crippen LogP contribution in [0.3, 0.4) is 0 Å². The maximum Gasteiger partial charge on any atom is 0.225 e. The molecule has 0 radical (unpaired) electrons. The summed E-state index contributed by atoms with van der Waals surface area (Å²) >= 11 is 0. The van der Waals surface area contributed by atoms with Gasteiger partial charge in [-0.1, -0.05) is 19.1 Å². The number of aryl methyl sites for hydroxylation is 2. The zero-order valence-electron chi connectivity index (χ0n) is 14.1. The van der Waals surface area contributed by atoms with Gasteiger partial charge in [0.2, 0.25) is 5.91 Å². The van der Waals surface area contributed by atoms with E-state index in [1.807, 2.05) is 32.7 Å². The van der Waals surface area contributed by atoms with Crippen molar-refractivity contribution >= 4 is 18.3 Å². The lowest BCUT2D eigenvalue weighted by molar-refractivity contribution is -0.136. The minimum atomic E-state index is 0. The predicted molar refractivity (Wildman–Crippen MR) is 91.7 cm³/mol. The van der Waals surface area contributed by atoms with Crippen molar-refractivity contribution in [3.05, 3.63) is 28.8 Å². The minimum absolute atomic E-state index is 0. The summed E-state index contributed by atoms with van der Waals surface area (Å²) in [4.78, 5) is 14.3. The third-order valence-electron chi connectivity index (χ3n) is 4.43. The molecule has 0 saturated carbocycles. The Balaban J connectivity index is 0.00000242. The molecule has 1 amide bonds. The molecular formula is C17H27ClN2O2. The molecule has 1 saturated heterocycles. The van der Waals surface area contributed by atoms with Crippen LogP contribution in [0.25, 0.3) is 0 Å². The van der Waals surface area contributed by atoms with Crippen LogP contribution in [0.1, 0.15) is 23.6 Å². The number of rotatable bonds is 5.